The molecule has 3 aromatic rings. The Bertz CT molecular complexity index is 1150. The number of hydrogen-bond acceptors (Lipinski definition) is 2. The van der Waals surface area contributed by atoms with Crippen molar-refractivity contribution in [1.82, 2.24) is 15.2 Å². The van der Waals surface area contributed by atoms with Crippen molar-refractivity contribution in [2.45, 2.75) is 13.0 Å². The predicted molar refractivity (Wildman–Crippen MR) is 113 cm³/mol. The summed E-state index contributed by atoms with van der Waals surface area (Å²) >= 11 is 12.0. The zero-order valence-electron chi connectivity index (χ0n) is 15.2. The lowest BCUT2D eigenvalue weighted by Crippen LogP contribution is -2.37. The van der Waals surface area contributed by atoms with E-state index in [0.29, 0.717) is 28.7 Å². The number of fused-ring (bicyclic) bond motifs is 3. The number of benzene rings is 2. The van der Waals surface area contributed by atoms with Crippen LogP contribution in [0.25, 0.3) is 16.5 Å². The van der Waals surface area contributed by atoms with Gasteiger partial charge in [0.05, 0.1) is 11.3 Å². The molecule has 0 saturated heterocycles. The first kappa shape index (κ1) is 19.4. The molecule has 1 aliphatic heterocycles. The highest BCUT2D eigenvalue weighted by molar-refractivity contribution is 6.35. The van der Waals surface area contributed by atoms with E-state index >= 15 is 0 Å². The third-order valence-corrected chi connectivity index (χ3v) is 5.49. The second-order valence-corrected chi connectivity index (χ2v) is 7.55. The number of halogens is 2. The van der Waals surface area contributed by atoms with Gasteiger partial charge >= 0.3 is 12.0 Å². The van der Waals surface area contributed by atoms with Crippen molar-refractivity contribution in [2.75, 3.05) is 6.54 Å². The SMILES string of the molecule is O=C(O)C1=CN(C(=O)NCc2ccc(Cl)cc2Cl)CCc2c1[nH]c1ccccc21. The van der Waals surface area contributed by atoms with Gasteiger partial charge < -0.3 is 15.4 Å². The monoisotopic (exact) mass is 429 g/mol. The number of nitrogens with zero attached hydrogens (tertiary/aromatic N) is 1. The average Bonchev–Trinajstić information content (AvgIpc) is 2.94. The zero-order valence-corrected chi connectivity index (χ0v) is 16.7. The van der Waals surface area contributed by atoms with Crippen LogP contribution in [-0.4, -0.2) is 33.5 Å². The number of rotatable bonds is 3. The first-order valence-electron chi connectivity index (χ1n) is 8.97. The molecule has 3 N–H and O–H groups in total. The van der Waals surface area contributed by atoms with Crippen LogP contribution in [0.1, 0.15) is 16.8 Å². The summed E-state index contributed by atoms with van der Waals surface area (Å²) in [6, 6.07) is 12.3. The zero-order chi connectivity index (χ0) is 20.5. The second-order valence-electron chi connectivity index (χ2n) is 6.71. The van der Waals surface area contributed by atoms with E-state index in [1.54, 1.807) is 18.2 Å². The Labute approximate surface area is 176 Å². The van der Waals surface area contributed by atoms with Gasteiger partial charge in [0.1, 0.15) is 0 Å². The summed E-state index contributed by atoms with van der Waals surface area (Å²) in [5.41, 5.74) is 3.08. The number of aromatic nitrogens is 1. The van der Waals surface area contributed by atoms with Gasteiger partial charge in [-0.05, 0) is 35.7 Å². The van der Waals surface area contributed by atoms with E-state index in [-0.39, 0.29) is 12.1 Å². The van der Waals surface area contributed by atoms with Crippen molar-refractivity contribution in [3.05, 3.63) is 75.5 Å². The minimum Gasteiger partial charge on any atom is -0.478 e. The van der Waals surface area contributed by atoms with Crippen molar-refractivity contribution < 1.29 is 14.7 Å². The van der Waals surface area contributed by atoms with Gasteiger partial charge in [0.2, 0.25) is 0 Å². The Balaban J connectivity index is 1.59. The molecule has 0 spiro atoms. The summed E-state index contributed by atoms with van der Waals surface area (Å²) in [5.74, 6) is -1.10. The van der Waals surface area contributed by atoms with Crippen LogP contribution < -0.4 is 5.32 Å². The summed E-state index contributed by atoms with van der Waals surface area (Å²) < 4.78 is 0. The molecule has 148 valence electrons. The van der Waals surface area contributed by atoms with Crippen molar-refractivity contribution in [2.24, 2.45) is 0 Å². The van der Waals surface area contributed by atoms with E-state index in [4.69, 9.17) is 23.2 Å². The fourth-order valence-corrected chi connectivity index (χ4v) is 3.94. The molecular weight excluding hydrogens is 413 g/mol. The molecule has 29 heavy (non-hydrogen) atoms. The van der Waals surface area contributed by atoms with Crippen LogP contribution in [0, 0.1) is 0 Å². The number of carboxylic acids is 1. The number of nitrogens with one attached hydrogen (secondary N) is 2. The minimum atomic E-state index is -1.10. The lowest BCUT2D eigenvalue weighted by Gasteiger charge is -2.18. The van der Waals surface area contributed by atoms with E-state index in [1.807, 2.05) is 24.3 Å². The van der Waals surface area contributed by atoms with Crippen LogP contribution in [0.2, 0.25) is 10.0 Å². The van der Waals surface area contributed by atoms with E-state index in [9.17, 15) is 14.7 Å². The molecule has 0 saturated carbocycles. The Morgan fingerprint density at radius 1 is 1.17 bits per heavy atom. The molecule has 0 atom stereocenters. The van der Waals surface area contributed by atoms with Crippen molar-refractivity contribution in [3.63, 3.8) is 0 Å². The van der Waals surface area contributed by atoms with Crippen LogP contribution >= 0.6 is 23.2 Å². The quantitative estimate of drug-likeness (QED) is 0.565. The van der Waals surface area contributed by atoms with Crippen LogP contribution in [0.3, 0.4) is 0 Å². The first-order valence-corrected chi connectivity index (χ1v) is 9.73. The number of urea groups is 1. The molecule has 0 unspecified atom stereocenters. The smallest absolute Gasteiger partial charge is 0.339 e. The standard InChI is InChI=1S/C21H17Cl2N3O3/c22-13-6-5-12(17(23)9-13)10-24-21(29)26-8-7-15-14-3-1-2-4-18(14)25-19(15)16(11-26)20(27)28/h1-6,9,11,25H,7-8,10H2,(H,24,29)(H,27,28). The van der Waals surface area contributed by atoms with Gasteiger partial charge in [-0.3, -0.25) is 4.90 Å². The lowest BCUT2D eigenvalue weighted by molar-refractivity contribution is -0.130. The number of para-hydroxylation sites is 1. The first-order chi connectivity index (χ1) is 13.9. The van der Waals surface area contributed by atoms with Gasteiger partial charge in [-0.25, -0.2) is 9.59 Å². The van der Waals surface area contributed by atoms with E-state index in [1.165, 1.54) is 11.1 Å². The number of aromatic amines is 1. The molecule has 0 bridgehead atoms. The van der Waals surface area contributed by atoms with Crippen LogP contribution in [0.15, 0.2) is 48.7 Å². The number of amides is 2. The molecule has 2 aromatic carbocycles. The van der Waals surface area contributed by atoms with E-state index in [0.717, 1.165) is 22.0 Å². The van der Waals surface area contributed by atoms with Crippen LogP contribution in [0.5, 0.6) is 0 Å². The normalized spacial score (nSPS) is 13.6. The molecule has 0 fully saturated rings. The minimum absolute atomic E-state index is 0.0494. The van der Waals surface area contributed by atoms with Crippen LogP contribution in [-0.2, 0) is 17.8 Å². The third kappa shape index (κ3) is 3.81. The molecule has 8 heteroatoms. The molecule has 1 aliphatic rings. The summed E-state index contributed by atoms with van der Waals surface area (Å²) in [5, 5.41) is 14.4. The van der Waals surface area contributed by atoms with Gasteiger partial charge in [-0.2, -0.15) is 0 Å². The molecule has 2 heterocycles. The fourth-order valence-electron chi connectivity index (χ4n) is 3.47. The van der Waals surface area contributed by atoms with Gasteiger partial charge in [-0.1, -0.05) is 47.5 Å². The second kappa shape index (κ2) is 7.81. The molecule has 0 aliphatic carbocycles. The number of carboxylic acid groups (broad SMARTS) is 1. The Morgan fingerprint density at radius 3 is 2.72 bits per heavy atom. The Morgan fingerprint density at radius 2 is 1.97 bits per heavy atom. The number of aliphatic carboxylic acids is 1. The van der Waals surface area contributed by atoms with E-state index in [2.05, 4.69) is 10.3 Å². The maximum Gasteiger partial charge on any atom is 0.339 e. The maximum atomic E-state index is 12.7. The van der Waals surface area contributed by atoms with Crippen LogP contribution in [0.4, 0.5) is 4.79 Å². The topological polar surface area (TPSA) is 85.4 Å². The van der Waals surface area contributed by atoms with Gasteiger partial charge in [0.25, 0.3) is 0 Å². The molecule has 1 aromatic heterocycles. The molecule has 4 rings (SSSR count). The number of hydrogen-bond donors (Lipinski definition) is 3. The fraction of sp³-hybridized carbons (Fsp3) is 0.143. The van der Waals surface area contributed by atoms with Crippen molar-refractivity contribution in [3.8, 4) is 0 Å². The van der Waals surface area contributed by atoms with Crippen molar-refractivity contribution >= 4 is 51.7 Å². The summed E-state index contributed by atoms with van der Waals surface area (Å²) in [7, 11) is 0. The molecular formula is C21H17Cl2N3O3. The maximum absolute atomic E-state index is 12.7. The average molecular weight is 430 g/mol. The van der Waals surface area contributed by atoms with Gasteiger partial charge in [-0.15, -0.1) is 0 Å². The summed E-state index contributed by atoms with van der Waals surface area (Å²) in [6.45, 7) is 0.557. The highest BCUT2D eigenvalue weighted by atomic mass is 35.5. The van der Waals surface area contributed by atoms with Gasteiger partial charge in [0, 0.05) is 40.2 Å². The van der Waals surface area contributed by atoms with E-state index < -0.39 is 12.0 Å². The molecule has 0 radical (unpaired) electrons. The highest BCUT2D eigenvalue weighted by Gasteiger charge is 2.26. The summed E-state index contributed by atoms with van der Waals surface area (Å²) in [6.07, 6.45) is 1.91. The summed E-state index contributed by atoms with van der Waals surface area (Å²) in [4.78, 5) is 29.2. The lowest BCUT2D eigenvalue weighted by atomic mass is 10.0. The number of H-pyrrole nitrogens is 1. The number of carbonyl (C=O) groups excluding carboxylic acids is 1. The number of carbonyl (C=O) groups is 2. The largest absolute Gasteiger partial charge is 0.478 e. The molecule has 2 amide bonds. The Kier molecular flexibility index (Phi) is 5.22. The Hall–Kier alpha value is -2.96. The van der Waals surface area contributed by atoms with Gasteiger partial charge in [0.15, 0.2) is 0 Å². The predicted octanol–water partition coefficient (Wildman–Crippen LogP) is 4.67. The highest BCUT2D eigenvalue weighted by Crippen LogP contribution is 2.30. The third-order valence-electron chi connectivity index (χ3n) is 4.91. The molecule has 6 nitrogen and oxygen atoms in total. The van der Waals surface area contributed by atoms with Crippen molar-refractivity contribution in [1.29, 1.82) is 0 Å².